The van der Waals surface area contributed by atoms with Crippen LogP contribution in [0.25, 0.3) is 16.8 Å². The van der Waals surface area contributed by atoms with E-state index in [-0.39, 0.29) is 18.3 Å². The fraction of sp³-hybridized carbons (Fsp3) is 0.250. The predicted octanol–water partition coefficient (Wildman–Crippen LogP) is 4.64. The molecule has 8 nitrogen and oxygen atoms in total. The SMILES string of the molecule is CCOc1ccc([C@H]2C(C(=O)OC(C)C)=C(C)N=c3s/c(=C/c4c(OCC#N)ccc5ccccc45)c(=O)n32)cc1. The number of allylic oxidation sites excluding steroid dienone is 1. The van der Waals surface area contributed by atoms with Crippen LogP contribution in [0.1, 0.15) is 44.9 Å². The third-order valence-electron chi connectivity index (χ3n) is 6.59. The standard InChI is InChI=1S/C32H29N3O5S/c1-5-38-23-13-10-22(11-14-23)29-28(31(37)40-19(2)3)20(4)34-32-35(29)30(36)27(41-32)18-25-24-9-7-6-8-21(24)12-15-26(25)39-17-16-33/h6-15,18-19,29H,5,17H2,1-4H3/b27-18+/t29-/m0/s1. The number of nitriles is 1. The Balaban J connectivity index is 1.74. The van der Waals surface area contributed by atoms with E-state index in [0.717, 1.165) is 16.3 Å². The van der Waals surface area contributed by atoms with Crippen molar-refractivity contribution in [2.45, 2.75) is 39.8 Å². The molecule has 5 rings (SSSR count). The monoisotopic (exact) mass is 567 g/mol. The molecular formula is C32H29N3O5S. The number of nitrogens with zero attached hydrogens (tertiary/aromatic N) is 3. The Hall–Kier alpha value is -4.68. The van der Waals surface area contributed by atoms with Crippen LogP contribution in [0.4, 0.5) is 0 Å². The zero-order valence-corrected chi connectivity index (χ0v) is 24.0. The normalized spacial score (nSPS) is 14.9. The summed E-state index contributed by atoms with van der Waals surface area (Å²) < 4.78 is 18.9. The van der Waals surface area contributed by atoms with Crippen molar-refractivity contribution >= 4 is 34.2 Å². The summed E-state index contributed by atoms with van der Waals surface area (Å²) in [5.74, 6) is 0.670. The van der Waals surface area contributed by atoms with E-state index < -0.39 is 12.0 Å². The second-order valence-electron chi connectivity index (χ2n) is 9.68. The van der Waals surface area contributed by atoms with Crippen molar-refractivity contribution in [3.05, 3.63) is 103 Å². The smallest absolute Gasteiger partial charge is 0.338 e. The van der Waals surface area contributed by atoms with Gasteiger partial charge in [0.25, 0.3) is 5.56 Å². The highest BCUT2D eigenvalue weighted by atomic mass is 32.1. The largest absolute Gasteiger partial charge is 0.494 e. The van der Waals surface area contributed by atoms with Crippen molar-refractivity contribution in [2.75, 3.05) is 13.2 Å². The zero-order valence-electron chi connectivity index (χ0n) is 23.2. The quantitative estimate of drug-likeness (QED) is 0.288. The van der Waals surface area contributed by atoms with E-state index in [2.05, 4.69) is 4.99 Å². The first kappa shape index (κ1) is 27.9. The van der Waals surface area contributed by atoms with Crippen LogP contribution in [0.15, 0.2) is 81.7 Å². The second kappa shape index (κ2) is 11.8. The number of esters is 1. The minimum atomic E-state index is -0.739. The Labute approximate surface area is 241 Å². The number of hydrogen-bond donors (Lipinski definition) is 0. The van der Waals surface area contributed by atoms with Gasteiger partial charge in [0, 0.05) is 5.56 Å². The fourth-order valence-electron chi connectivity index (χ4n) is 4.88. The average molecular weight is 568 g/mol. The third-order valence-corrected chi connectivity index (χ3v) is 7.57. The van der Waals surface area contributed by atoms with Crippen LogP contribution in [0, 0.1) is 11.3 Å². The summed E-state index contributed by atoms with van der Waals surface area (Å²) in [4.78, 5) is 32.6. The fourth-order valence-corrected chi connectivity index (χ4v) is 5.91. The molecule has 208 valence electrons. The molecule has 1 aliphatic rings. The van der Waals surface area contributed by atoms with E-state index in [9.17, 15) is 9.59 Å². The van der Waals surface area contributed by atoms with Gasteiger partial charge in [-0.1, -0.05) is 53.8 Å². The van der Waals surface area contributed by atoms with Gasteiger partial charge in [-0.2, -0.15) is 5.26 Å². The minimum absolute atomic E-state index is 0.126. The molecular weight excluding hydrogens is 538 g/mol. The van der Waals surface area contributed by atoms with Gasteiger partial charge in [0.05, 0.1) is 34.6 Å². The lowest BCUT2D eigenvalue weighted by Gasteiger charge is -2.25. The van der Waals surface area contributed by atoms with E-state index in [1.165, 1.54) is 11.3 Å². The highest BCUT2D eigenvalue weighted by Gasteiger charge is 2.34. The molecule has 0 amide bonds. The Morgan fingerprint density at radius 3 is 2.59 bits per heavy atom. The Kier molecular flexibility index (Phi) is 8.04. The van der Waals surface area contributed by atoms with Crippen LogP contribution < -0.4 is 24.4 Å². The van der Waals surface area contributed by atoms with Gasteiger partial charge in [-0.05, 0) is 68.3 Å². The van der Waals surface area contributed by atoms with Crippen LogP contribution in [-0.4, -0.2) is 29.9 Å². The van der Waals surface area contributed by atoms with E-state index in [0.29, 0.717) is 44.3 Å². The van der Waals surface area contributed by atoms with Gasteiger partial charge < -0.3 is 14.2 Å². The van der Waals surface area contributed by atoms with Gasteiger partial charge in [-0.25, -0.2) is 9.79 Å². The topological polar surface area (TPSA) is 103 Å². The first-order chi connectivity index (χ1) is 19.8. The maximum absolute atomic E-state index is 14.1. The maximum Gasteiger partial charge on any atom is 0.338 e. The summed E-state index contributed by atoms with van der Waals surface area (Å²) in [7, 11) is 0. The molecule has 0 spiro atoms. The molecule has 0 saturated heterocycles. The molecule has 0 bridgehead atoms. The highest BCUT2D eigenvalue weighted by Crippen LogP contribution is 2.32. The van der Waals surface area contributed by atoms with Crippen molar-refractivity contribution in [2.24, 2.45) is 4.99 Å². The van der Waals surface area contributed by atoms with Crippen molar-refractivity contribution in [3.8, 4) is 17.6 Å². The molecule has 0 saturated carbocycles. The molecule has 3 aromatic carbocycles. The lowest BCUT2D eigenvalue weighted by molar-refractivity contribution is -0.143. The summed E-state index contributed by atoms with van der Waals surface area (Å²) >= 11 is 1.24. The Bertz CT molecular complexity index is 1880. The third kappa shape index (κ3) is 5.52. The number of hydrogen-bond acceptors (Lipinski definition) is 8. The number of carbonyl (C=O) groups is 1. The molecule has 0 N–H and O–H groups in total. The predicted molar refractivity (Wildman–Crippen MR) is 158 cm³/mol. The molecule has 1 aliphatic heterocycles. The number of thiazole rings is 1. The van der Waals surface area contributed by atoms with Crippen LogP contribution in [-0.2, 0) is 9.53 Å². The molecule has 4 aromatic rings. The number of aromatic nitrogens is 1. The maximum atomic E-state index is 14.1. The summed E-state index contributed by atoms with van der Waals surface area (Å²) in [6.45, 7) is 7.63. The summed E-state index contributed by atoms with van der Waals surface area (Å²) in [5, 5.41) is 11.0. The van der Waals surface area contributed by atoms with Crippen molar-refractivity contribution in [3.63, 3.8) is 0 Å². The molecule has 1 atom stereocenters. The zero-order chi connectivity index (χ0) is 29.1. The molecule has 41 heavy (non-hydrogen) atoms. The number of carbonyl (C=O) groups excluding carboxylic acids is 1. The number of benzene rings is 3. The van der Waals surface area contributed by atoms with Gasteiger partial charge in [-0.3, -0.25) is 9.36 Å². The lowest BCUT2D eigenvalue weighted by atomic mass is 9.95. The lowest BCUT2D eigenvalue weighted by Crippen LogP contribution is -2.40. The van der Waals surface area contributed by atoms with Crippen molar-refractivity contribution in [1.29, 1.82) is 5.26 Å². The molecule has 0 unspecified atom stereocenters. The number of ether oxygens (including phenoxy) is 3. The van der Waals surface area contributed by atoms with Crippen LogP contribution in [0.5, 0.6) is 11.5 Å². The summed E-state index contributed by atoms with van der Waals surface area (Å²) in [6.07, 6.45) is 1.44. The number of rotatable bonds is 8. The molecule has 2 heterocycles. The summed E-state index contributed by atoms with van der Waals surface area (Å²) in [5.41, 5.74) is 1.93. The molecule has 1 aromatic heterocycles. The highest BCUT2D eigenvalue weighted by molar-refractivity contribution is 7.07. The van der Waals surface area contributed by atoms with Crippen molar-refractivity contribution in [1.82, 2.24) is 4.57 Å². The molecule has 9 heteroatoms. The Morgan fingerprint density at radius 1 is 1.12 bits per heavy atom. The average Bonchev–Trinajstić information content (AvgIpc) is 3.26. The van der Waals surface area contributed by atoms with Gasteiger partial charge in [0.2, 0.25) is 0 Å². The molecule has 0 aliphatic carbocycles. The van der Waals surface area contributed by atoms with E-state index in [1.807, 2.05) is 67.6 Å². The first-order valence-corrected chi connectivity index (χ1v) is 14.1. The second-order valence-corrected chi connectivity index (χ2v) is 10.7. The van der Waals surface area contributed by atoms with E-state index in [1.54, 1.807) is 37.5 Å². The molecule has 0 fully saturated rings. The first-order valence-electron chi connectivity index (χ1n) is 13.3. The van der Waals surface area contributed by atoms with Crippen LogP contribution >= 0.6 is 11.3 Å². The van der Waals surface area contributed by atoms with Crippen LogP contribution in [0.3, 0.4) is 0 Å². The van der Waals surface area contributed by atoms with Gasteiger partial charge in [0.15, 0.2) is 11.4 Å². The van der Waals surface area contributed by atoms with Gasteiger partial charge >= 0.3 is 5.97 Å². The summed E-state index contributed by atoms with van der Waals surface area (Å²) in [6, 6.07) is 20.1. The number of fused-ring (bicyclic) bond motifs is 2. The van der Waals surface area contributed by atoms with E-state index in [4.69, 9.17) is 19.5 Å². The molecule has 0 radical (unpaired) electrons. The van der Waals surface area contributed by atoms with Crippen molar-refractivity contribution < 1.29 is 19.0 Å². The van der Waals surface area contributed by atoms with E-state index >= 15 is 0 Å². The van der Waals surface area contributed by atoms with Crippen LogP contribution in [0.2, 0.25) is 0 Å². The Morgan fingerprint density at radius 2 is 1.88 bits per heavy atom. The minimum Gasteiger partial charge on any atom is -0.494 e. The van der Waals surface area contributed by atoms with Gasteiger partial charge in [-0.15, -0.1) is 0 Å². The van der Waals surface area contributed by atoms with Gasteiger partial charge in [0.1, 0.15) is 17.6 Å².